The molecule has 1 atom stereocenters. The van der Waals surface area contributed by atoms with Crippen molar-refractivity contribution in [3.63, 3.8) is 0 Å². The molecule has 1 unspecified atom stereocenters. The third-order valence-electron chi connectivity index (χ3n) is 3.55. The van der Waals surface area contributed by atoms with Gasteiger partial charge in [-0.3, -0.25) is 24.3 Å². The number of rotatable bonds is 5. The maximum absolute atomic E-state index is 12.1. The maximum atomic E-state index is 12.1. The molecule has 23 heavy (non-hydrogen) atoms. The molecule has 0 saturated heterocycles. The first-order valence-corrected chi connectivity index (χ1v) is 7.09. The topological polar surface area (TPSA) is 94.2 Å². The first-order valence-electron chi connectivity index (χ1n) is 7.09. The highest BCUT2D eigenvalue weighted by atomic mass is 16.6. The van der Waals surface area contributed by atoms with Crippen LogP contribution in [-0.4, -0.2) is 15.4 Å². The molecule has 1 amide bonds. The largest absolute Gasteiger partial charge is 0.348 e. The predicted octanol–water partition coefficient (Wildman–Crippen LogP) is 1.94. The van der Waals surface area contributed by atoms with Gasteiger partial charge in [0.25, 0.3) is 0 Å². The third kappa shape index (κ3) is 3.82. The summed E-state index contributed by atoms with van der Waals surface area (Å²) in [6.45, 7) is 3.19. The first-order chi connectivity index (χ1) is 10.9. The van der Waals surface area contributed by atoms with E-state index in [1.807, 2.05) is 37.3 Å². The lowest BCUT2D eigenvalue weighted by Crippen LogP contribution is -2.35. The van der Waals surface area contributed by atoms with Gasteiger partial charge < -0.3 is 5.32 Å². The quantitative estimate of drug-likeness (QED) is 0.674. The summed E-state index contributed by atoms with van der Waals surface area (Å²) in [6.07, 6.45) is 0. The van der Waals surface area contributed by atoms with Crippen molar-refractivity contribution in [1.82, 2.24) is 9.88 Å². The van der Waals surface area contributed by atoms with Gasteiger partial charge in [-0.1, -0.05) is 30.3 Å². The highest BCUT2D eigenvalue weighted by Gasteiger charge is 2.18. The molecule has 7 heteroatoms. The number of aryl methyl sites for hydroxylation is 1. The van der Waals surface area contributed by atoms with Gasteiger partial charge in [0.05, 0.1) is 11.0 Å². The minimum absolute atomic E-state index is 0.224. The Hall–Kier alpha value is -2.96. The molecule has 0 bridgehead atoms. The van der Waals surface area contributed by atoms with Gasteiger partial charge in [0, 0.05) is 11.8 Å². The number of carbonyl (C=O) groups is 1. The van der Waals surface area contributed by atoms with Crippen molar-refractivity contribution < 1.29 is 9.72 Å². The minimum Gasteiger partial charge on any atom is -0.348 e. The van der Waals surface area contributed by atoms with E-state index in [1.165, 1.54) is 6.07 Å². The van der Waals surface area contributed by atoms with Gasteiger partial charge >= 0.3 is 11.2 Å². The summed E-state index contributed by atoms with van der Waals surface area (Å²) in [7, 11) is 0. The standard InChI is InChI=1S/C16H17N3O4/c1-11-8-9-14(19(22)23)16(21)18(11)10-15(20)17-12(2)13-6-4-3-5-7-13/h3-9,12H,10H2,1-2H3,(H,17,20). The van der Waals surface area contributed by atoms with Crippen LogP contribution in [0.1, 0.15) is 24.2 Å². The van der Waals surface area contributed by atoms with Crippen molar-refractivity contribution in [2.24, 2.45) is 0 Å². The van der Waals surface area contributed by atoms with E-state index in [9.17, 15) is 19.7 Å². The van der Waals surface area contributed by atoms with Gasteiger partial charge in [-0.2, -0.15) is 0 Å². The fourth-order valence-electron chi connectivity index (χ4n) is 2.25. The Bertz CT molecular complexity index is 784. The van der Waals surface area contributed by atoms with Crippen molar-refractivity contribution in [3.05, 3.63) is 74.2 Å². The van der Waals surface area contributed by atoms with Crippen LogP contribution < -0.4 is 10.9 Å². The van der Waals surface area contributed by atoms with Gasteiger partial charge in [0.1, 0.15) is 6.54 Å². The van der Waals surface area contributed by atoms with E-state index >= 15 is 0 Å². The molecule has 0 spiro atoms. The van der Waals surface area contributed by atoms with E-state index < -0.39 is 16.2 Å². The number of hydrogen-bond donors (Lipinski definition) is 1. The number of aromatic nitrogens is 1. The van der Waals surface area contributed by atoms with Crippen LogP contribution in [0.3, 0.4) is 0 Å². The van der Waals surface area contributed by atoms with E-state index in [4.69, 9.17) is 0 Å². The van der Waals surface area contributed by atoms with Crippen LogP contribution in [-0.2, 0) is 11.3 Å². The van der Waals surface area contributed by atoms with E-state index in [0.717, 1.165) is 16.2 Å². The summed E-state index contributed by atoms with van der Waals surface area (Å²) in [5.74, 6) is -0.382. The van der Waals surface area contributed by atoms with Crippen LogP contribution in [0, 0.1) is 17.0 Å². The Morgan fingerprint density at radius 3 is 2.52 bits per heavy atom. The molecule has 0 aliphatic carbocycles. The summed E-state index contributed by atoms with van der Waals surface area (Å²) in [4.78, 5) is 34.3. The number of hydrogen-bond acceptors (Lipinski definition) is 4. The van der Waals surface area contributed by atoms with E-state index in [1.54, 1.807) is 6.92 Å². The molecule has 0 aliphatic rings. The molecule has 7 nitrogen and oxygen atoms in total. The van der Waals surface area contributed by atoms with Crippen molar-refractivity contribution in [3.8, 4) is 0 Å². The average Bonchev–Trinajstić information content (AvgIpc) is 2.51. The summed E-state index contributed by atoms with van der Waals surface area (Å²) in [6, 6.07) is 11.8. The third-order valence-corrected chi connectivity index (χ3v) is 3.55. The van der Waals surface area contributed by atoms with Gasteiger partial charge in [-0.05, 0) is 25.5 Å². The molecule has 0 aliphatic heterocycles. The molecular weight excluding hydrogens is 298 g/mol. The molecule has 2 aromatic rings. The van der Waals surface area contributed by atoms with Crippen molar-refractivity contribution >= 4 is 11.6 Å². The van der Waals surface area contributed by atoms with Crippen LogP contribution in [0.25, 0.3) is 0 Å². The van der Waals surface area contributed by atoms with Crippen LogP contribution >= 0.6 is 0 Å². The monoisotopic (exact) mass is 315 g/mol. The minimum atomic E-state index is -0.780. The van der Waals surface area contributed by atoms with E-state index in [0.29, 0.717) is 5.69 Å². The van der Waals surface area contributed by atoms with Crippen molar-refractivity contribution in [2.75, 3.05) is 0 Å². The second-order valence-corrected chi connectivity index (χ2v) is 5.21. The molecule has 1 aromatic heterocycles. The molecule has 1 aromatic carbocycles. The fraction of sp³-hybridized carbons (Fsp3) is 0.250. The van der Waals surface area contributed by atoms with Crippen LogP contribution in [0.5, 0.6) is 0 Å². The Labute approximate surface area is 132 Å². The number of nitrogens with zero attached hydrogens (tertiary/aromatic N) is 2. The smallest absolute Gasteiger partial charge is 0.334 e. The molecule has 1 heterocycles. The number of benzene rings is 1. The Balaban J connectivity index is 2.16. The lowest BCUT2D eigenvalue weighted by atomic mass is 10.1. The summed E-state index contributed by atoms with van der Waals surface area (Å²) >= 11 is 0. The average molecular weight is 315 g/mol. The Morgan fingerprint density at radius 1 is 1.26 bits per heavy atom. The Kier molecular flexibility index (Phi) is 4.90. The van der Waals surface area contributed by atoms with Crippen molar-refractivity contribution in [1.29, 1.82) is 0 Å². The fourth-order valence-corrected chi connectivity index (χ4v) is 2.25. The second-order valence-electron chi connectivity index (χ2n) is 5.21. The first kappa shape index (κ1) is 16.4. The van der Waals surface area contributed by atoms with Crippen LogP contribution in [0.15, 0.2) is 47.3 Å². The molecule has 0 radical (unpaired) electrons. The molecular formula is C16H17N3O4. The summed E-state index contributed by atoms with van der Waals surface area (Å²) in [5.41, 5.74) is 0.101. The van der Waals surface area contributed by atoms with Gasteiger partial charge in [-0.25, -0.2) is 0 Å². The highest BCUT2D eigenvalue weighted by molar-refractivity contribution is 5.76. The van der Waals surface area contributed by atoms with Gasteiger partial charge in [-0.15, -0.1) is 0 Å². The maximum Gasteiger partial charge on any atom is 0.334 e. The van der Waals surface area contributed by atoms with Crippen LogP contribution in [0.4, 0.5) is 5.69 Å². The lowest BCUT2D eigenvalue weighted by molar-refractivity contribution is -0.386. The molecule has 0 saturated carbocycles. The zero-order valence-corrected chi connectivity index (χ0v) is 12.9. The van der Waals surface area contributed by atoms with Gasteiger partial charge in [0.2, 0.25) is 5.91 Å². The predicted molar refractivity (Wildman–Crippen MR) is 85.1 cm³/mol. The van der Waals surface area contributed by atoms with Gasteiger partial charge in [0.15, 0.2) is 0 Å². The van der Waals surface area contributed by atoms with E-state index in [2.05, 4.69) is 5.32 Å². The summed E-state index contributed by atoms with van der Waals surface area (Å²) < 4.78 is 1.10. The normalized spacial score (nSPS) is 11.7. The number of carbonyl (C=O) groups excluding carboxylic acids is 1. The SMILES string of the molecule is Cc1ccc([N+](=O)[O-])c(=O)n1CC(=O)NC(C)c1ccccc1. The zero-order chi connectivity index (χ0) is 17.0. The van der Waals surface area contributed by atoms with E-state index in [-0.39, 0.29) is 18.5 Å². The number of amides is 1. The van der Waals surface area contributed by atoms with Crippen LogP contribution in [0.2, 0.25) is 0 Å². The number of nitro groups is 1. The number of pyridine rings is 1. The highest BCUT2D eigenvalue weighted by Crippen LogP contribution is 2.11. The second kappa shape index (κ2) is 6.87. The summed E-state index contributed by atoms with van der Waals surface area (Å²) in [5, 5.41) is 13.6. The lowest BCUT2D eigenvalue weighted by Gasteiger charge is -2.15. The van der Waals surface area contributed by atoms with Crippen molar-refractivity contribution in [2.45, 2.75) is 26.4 Å². The molecule has 1 N–H and O–H groups in total. The number of nitrogens with one attached hydrogen (secondary N) is 1. The Morgan fingerprint density at radius 2 is 1.91 bits per heavy atom. The molecule has 2 rings (SSSR count). The zero-order valence-electron chi connectivity index (χ0n) is 12.9. The molecule has 120 valence electrons. The molecule has 0 fully saturated rings.